The molecule has 0 saturated carbocycles. The summed E-state index contributed by atoms with van der Waals surface area (Å²) >= 11 is 1.46. The minimum atomic E-state index is -0.199. The lowest BCUT2D eigenvalue weighted by Gasteiger charge is -2.05. The van der Waals surface area contributed by atoms with Gasteiger partial charge in [0, 0.05) is 29.3 Å². The second kappa shape index (κ2) is 9.71. The maximum atomic E-state index is 12.5. The first-order valence-corrected chi connectivity index (χ1v) is 12.2. The molecule has 0 radical (unpaired) electrons. The van der Waals surface area contributed by atoms with E-state index in [1.807, 2.05) is 41.8 Å². The van der Waals surface area contributed by atoms with Crippen LogP contribution in [0.2, 0.25) is 0 Å². The van der Waals surface area contributed by atoms with Crippen LogP contribution in [0.25, 0.3) is 27.5 Å². The van der Waals surface area contributed by atoms with Gasteiger partial charge < -0.3 is 9.15 Å². The Hall–Kier alpha value is -3.98. The summed E-state index contributed by atoms with van der Waals surface area (Å²) in [6.07, 6.45) is 2.29. The maximum Gasteiger partial charge on any atom is 0.250 e. The summed E-state index contributed by atoms with van der Waals surface area (Å²) in [5.41, 5.74) is 4.12. The van der Waals surface area contributed by atoms with Gasteiger partial charge in [-0.25, -0.2) is 9.50 Å². The van der Waals surface area contributed by atoms with E-state index >= 15 is 0 Å². The largest absolute Gasteiger partial charge is 0.497 e. The normalized spacial score (nSPS) is 11.3. The Morgan fingerprint density at radius 2 is 1.86 bits per heavy atom. The Morgan fingerprint density at radius 1 is 1.11 bits per heavy atom. The number of hydrogen-bond acceptors (Lipinski definition) is 7. The lowest BCUT2D eigenvalue weighted by atomic mass is 10.0. The highest BCUT2D eigenvalue weighted by Gasteiger charge is 2.15. The SMILES string of the molecule is COc1ccc(-c2csc3nc(NC(=O)CCc4ncc(-c5ccc(C(C)C)cc5)o4)nn23)cc1. The highest BCUT2D eigenvalue weighted by Crippen LogP contribution is 2.28. The zero-order valence-corrected chi connectivity index (χ0v) is 20.5. The standard InChI is InChI=1S/C26H25N5O3S/c1-16(2)17-4-6-19(7-5-17)22-14-27-24(34-22)13-12-23(32)28-25-29-26-31(30-25)21(15-35-26)18-8-10-20(33-3)11-9-18/h4-11,14-16H,12-13H2,1-3H3,(H,28,30,32). The number of hydrogen-bond donors (Lipinski definition) is 1. The van der Waals surface area contributed by atoms with Crippen LogP contribution in [0.3, 0.4) is 0 Å². The summed E-state index contributed by atoms with van der Waals surface area (Å²) in [6.45, 7) is 4.32. The van der Waals surface area contributed by atoms with E-state index in [9.17, 15) is 4.79 Å². The van der Waals surface area contributed by atoms with Crippen molar-refractivity contribution in [3.05, 3.63) is 71.6 Å². The number of ether oxygens (including phenoxy) is 1. The van der Waals surface area contributed by atoms with Gasteiger partial charge in [0.2, 0.25) is 16.8 Å². The molecule has 1 N–H and O–H groups in total. The molecule has 5 aromatic rings. The fourth-order valence-electron chi connectivity index (χ4n) is 3.69. The number of fused-ring (bicyclic) bond motifs is 1. The molecule has 0 saturated heterocycles. The molecule has 3 heterocycles. The van der Waals surface area contributed by atoms with Crippen molar-refractivity contribution in [3.8, 4) is 28.3 Å². The third-order valence-corrected chi connectivity index (χ3v) is 6.52. The zero-order chi connectivity index (χ0) is 24.4. The van der Waals surface area contributed by atoms with Gasteiger partial charge in [0.05, 0.1) is 19.0 Å². The zero-order valence-electron chi connectivity index (χ0n) is 19.7. The molecule has 0 atom stereocenters. The number of anilines is 1. The van der Waals surface area contributed by atoms with Crippen molar-refractivity contribution in [2.45, 2.75) is 32.6 Å². The number of amides is 1. The highest BCUT2D eigenvalue weighted by atomic mass is 32.1. The number of carbonyl (C=O) groups excluding carboxylic acids is 1. The van der Waals surface area contributed by atoms with Crippen LogP contribution in [0.1, 0.15) is 37.6 Å². The van der Waals surface area contributed by atoms with E-state index < -0.39 is 0 Å². The Kier molecular flexibility index (Phi) is 6.33. The van der Waals surface area contributed by atoms with E-state index in [-0.39, 0.29) is 18.3 Å². The summed E-state index contributed by atoms with van der Waals surface area (Å²) in [5, 5.41) is 9.22. The number of aryl methyl sites for hydroxylation is 1. The summed E-state index contributed by atoms with van der Waals surface area (Å²) in [7, 11) is 1.64. The molecule has 2 aromatic carbocycles. The smallest absolute Gasteiger partial charge is 0.250 e. The van der Waals surface area contributed by atoms with Crippen LogP contribution in [0, 0.1) is 0 Å². The molecule has 0 aliphatic rings. The molecule has 178 valence electrons. The van der Waals surface area contributed by atoms with Gasteiger partial charge in [-0.3, -0.25) is 10.1 Å². The van der Waals surface area contributed by atoms with Gasteiger partial charge in [0.15, 0.2) is 11.7 Å². The molecular formula is C26H25N5O3S. The van der Waals surface area contributed by atoms with Crippen LogP contribution in [-0.4, -0.2) is 32.6 Å². The van der Waals surface area contributed by atoms with Crippen molar-refractivity contribution in [2.75, 3.05) is 12.4 Å². The number of methoxy groups -OCH3 is 1. The fourth-order valence-corrected chi connectivity index (χ4v) is 4.52. The number of nitrogens with one attached hydrogen (secondary N) is 1. The van der Waals surface area contributed by atoms with Crippen LogP contribution in [0.15, 0.2) is 64.5 Å². The Balaban J connectivity index is 1.21. The van der Waals surface area contributed by atoms with E-state index in [4.69, 9.17) is 9.15 Å². The average molecular weight is 488 g/mol. The van der Waals surface area contributed by atoms with Crippen LogP contribution >= 0.6 is 11.3 Å². The molecule has 0 unspecified atom stereocenters. The molecule has 5 rings (SSSR count). The van der Waals surface area contributed by atoms with Crippen molar-refractivity contribution in [2.24, 2.45) is 0 Å². The molecule has 0 spiro atoms. The molecule has 0 aliphatic carbocycles. The second-order valence-electron chi connectivity index (χ2n) is 8.42. The number of carbonyl (C=O) groups is 1. The molecule has 0 aliphatic heterocycles. The van der Waals surface area contributed by atoms with Crippen molar-refractivity contribution in [1.82, 2.24) is 19.6 Å². The van der Waals surface area contributed by atoms with Gasteiger partial charge in [0.1, 0.15) is 5.75 Å². The van der Waals surface area contributed by atoms with Gasteiger partial charge in [-0.2, -0.15) is 4.98 Å². The van der Waals surface area contributed by atoms with Crippen molar-refractivity contribution < 1.29 is 13.9 Å². The van der Waals surface area contributed by atoms with Gasteiger partial charge in [-0.15, -0.1) is 16.4 Å². The topological polar surface area (TPSA) is 94.5 Å². The number of oxazole rings is 1. The number of aromatic nitrogens is 4. The van der Waals surface area contributed by atoms with Crippen LogP contribution in [0.5, 0.6) is 5.75 Å². The Labute approximate surface area is 206 Å². The molecule has 35 heavy (non-hydrogen) atoms. The maximum absolute atomic E-state index is 12.5. The monoisotopic (exact) mass is 487 g/mol. The van der Waals surface area contributed by atoms with Gasteiger partial charge in [0.25, 0.3) is 0 Å². The number of thiazole rings is 1. The highest BCUT2D eigenvalue weighted by molar-refractivity contribution is 7.15. The summed E-state index contributed by atoms with van der Waals surface area (Å²) in [5.74, 6) is 2.54. The Bertz CT molecular complexity index is 1450. The molecule has 0 bridgehead atoms. The summed E-state index contributed by atoms with van der Waals surface area (Å²) in [4.78, 5) is 22.0. The fraction of sp³-hybridized carbons (Fsp3) is 0.231. The molecule has 8 nitrogen and oxygen atoms in total. The van der Waals surface area contributed by atoms with Gasteiger partial charge in [-0.05, 0) is 35.7 Å². The Morgan fingerprint density at radius 3 is 2.57 bits per heavy atom. The van der Waals surface area contributed by atoms with E-state index in [1.165, 1.54) is 16.9 Å². The third kappa shape index (κ3) is 4.95. The van der Waals surface area contributed by atoms with Crippen molar-refractivity contribution in [3.63, 3.8) is 0 Å². The average Bonchev–Trinajstić information content (AvgIpc) is 3.59. The molecular weight excluding hydrogens is 462 g/mol. The van der Waals surface area contributed by atoms with Crippen LogP contribution < -0.4 is 10.1 Å². The van der Waals surface area contributed by atoms with E-state index in [0.29, 0.717) is 29.0 Å². The van der Waals surface area contributed by atoms with E-state index in [1.54, 1.807) is 17.8 Å². The minimum absolute atomic E-state index is 0.199. The number of nitrogens with zero attached hydrogens (tertiary/aromatic N) is 4. The van der Waals surface area contributed by atoms with Crippen LogP contribution in [-0.2, 0) is 11.2 Å². The lowest BCUT2D eigenvalue weighted by molar-refractivity contribution is -0.116. The quantitative estimate of drug-likeness (QED) is 0.297. The first-order valence-electron chi connectivity index (χ1n) is 11.3. The summed E-state index contributed by atoms with van der Waals surface area (Å²) < 4.78 is 12.8. The predicted molar refractivity (Wildman–Crippen MR) is 136 cm³/mol. The predicted octanol–water partition coefficient (Wildman–Crippen LogP) is 5.82. The number of rotatable bonds is 8. The van der Waals surface area contributed by atoms with Crippen LogP contribution in [0.4, 0.5) is 5.95 Å². The van der Waals surface area contributed by atoms with E-state index in [0.717, 1.165) is 22.6 Å². The van der Waals surface area contributed by atoms with Gasteiger partial charge >= 0.3 is 0 Å². The molecule has 0 fully saturated rings. The number of benzene rings is 2. The molecule has 9 heteroatoms. The van der Waals surface area contributed by atoms with Crippen molar-refractivity contribution in [1.29, 1.82) is 0 Å². The summed E-state index contributed by atoms with van der Waals surface area (Å²) in [6, 6.07) is 16.0. The molecule has 1 amide bonds. The third-order valence-electron chi connectivity index (χ3n) is 5.70. The first-order chi connectivity index (χ1) is 17.0. The molecule has 3 aromatic heterocycles. The first kappa shape index (κ1) is 22.8. The van der Waals surface area contributed by atoms with Crippen molar-refractivity contribution >= 4 is 28.2 Å². The van der Waals surface area contributed by atoms with Gasteiger partial charge in [-0.1, -0.05) is 38.1 Å². The lowest BCUT2D eigenvalue weighted by Crippen LogP contribution is -2.13. The second-order valence-corrected chi connectivity index (χ2v) is 9.26. The minimum Gasteiger partial charge on any atom is -0.497 e. The van der Waals surface area contributed by atoms with E-state index in [2.05, 4.69) is 46.4 Å².